The van der Waals surface area contributed by atoms with E-state index in [2.05, 4.69) is 4.98 Å². The lowest BCUT2D eigenvalue weighted by Crippen LogP contribution is -2.09. The average Bonchev–Trinajstić information content (AvgIpc) is 3.32. The summed E-state index contributed by atoms with van der Waals surface area (Å²) in [6, 6.07) is 15.8. The summed E-state index contributed by atoms with van der Waals surface area (Å²) in [6.45, 7) is 1.45. The van der Waals surface area contributed by atoms with Crippen molar-refractivity contribution in [2.75, 3.05) is 0 Å². The van der Waals surface area contributed by atoms with Gasteiger partial charge in [-0.2, -0.15) is 0 Å². The van der Waals surface area contributed by atoms with Crippen LogP contribution in [0.2, 0.25) is 0 Å². The number of hydrogen-bond acceptors (Lipinski definition) is 3. The third-order valence-corrected chi connectivity index (χ3v) is 6.54. The molecule has 160 valence electrons. The molecule has 4 nitrogen and oxygen atoms in total. The zero-order valence-electron chi connectivity index (χ0n) is 16.7. The number of hydrogen-bond donors (Lipinski definition) is 1. The first-order chi connectivity index (χ1) is 15.3. The first-order valence-electron chi connectivity index (χ1n) is 9.69. The number of nitrogens with zero attached hydrogens (tertiary/aromatic N) is 2. The topological polar surface area (TPSA) is 55.1 Å². The zero-order chi connectivity index (χ0) is 22.6. The number of aromatic nitrogens is 2. The lowest BCUT2D eigenvalue weighted by atomic mass is 10.0. The molecule has 0 unspecified atom stereocenters. The van der Waals surface area contributed by atoms with E-state index < -0.39 is 23.4 Å². The fourth-order valence-electron chi connectivity index (χ4n) is 3.99. The van der Waals surface area contributed by atoms with Gasteiger partial charge < -0.3 is 9.67 Å². The molecule has 0 radical (unpaired) electrons. The van der Waals surface area contributed by atoms with E-state index in [0.717, 1.165) is 22.5 Å². The standard InChI is InChI=1S/C24H15F3N2O2S/c1-12-20(24-28-22-21(27)16(25)10-17(26)23(22)32-24)15-8-7-14(13-5-3-2-4-6-13)9-18(15)29(12)11-19(30)31/h2-10H,11H2,1H3,(H,30,31). The van der Waals surface area contributed by atoms with Crippen LogP contribution in [0.3, 0.4) is 0 Å². The Morgan fingerprint density at radius 1 is 1.03 bits per heavy atom. The lowest BCUT2D eigenvalue weighted by Gasteiger charge is -2.06. The van der Waals surface area contributed by atoms with E-state index in [0.29, 0.717) is 33.2 Å². The highest BCUT2D eigenvalue weighted by Crippen LogP contribution is 2.41. The van der Waals surface area contributed by atoms with E-state index >= 15 is 0 Å². The lowest BCUT2D eigenvalue weighted by molar-refractivity contribution is -0.137. The number of fused-ring (bicyclic) bond motifs is 2. The number of aliphatic carboxylic acids is 1. The van der Waals surface area contributed by atoms with E-state index in [1.165, 1.54) is 0 Å². The van der Waals surface area contributed by atoms with E-state index in [4.69, 9.17) is 0 Å². The minimum absolute atomic E-state index is 0.0849. The van der Waals surface area contributed by atoms with Gasteiger partial charge in [-0.1, -0.05) is 42.5 Å². The Labute approximate surface area is 184 Å². The van der Waals surface area contributed by atoms with Gasteiger partial charge in [0.15, 0.2) is 11.6 Å². The summed E-state index contributed by atoms with van der Waals surface area (Å²) in [5, 5.41) is 10.5. The molecule has 8 heteroatoms. The van der Waals surface area contributed by atoms with Gasteiger partial charge in [-0.15, -0.1) is 11.3 Å². The minimum Gasteiger partial charge on any atom is -0.480 e. The molecule has 0 aliphatic carbocycles. The van der Waals surface area contributed by atoms with Crippen LogP contribution in [0.4, 0.5) is 13.2 Å². The number of carboxylic acids is 1. The minimum atomic E-state index is -1.30. The molecule has 2 heterocycles. The third kappa shape index (κ3) is 3.15. The van der Waals surface area contributed by atoms with Crippen molar-refractivity contribution >= 4 is 38.4 Å². The molecule has 0 fully saturated rings. The number of benzene rings is 3. The fraction of sp³-hybridized carbons (Fsp3) is 0.0833. The summed E-state index contributed by atoms with van der Waals surface area (Å²) in [6.07, 6.45) is 0. The van der Waals surface area contributed by atoms with Gasteiger partial charge in [0.1, 0.15) is 22.9 Å². The Balaban J connectivity index is 1.79. The molecule has 0 aliphatic rings. The molecule has 0 amide bonds. The van der Waals surface area contributed by atoms with Gasteiger partial charge in [-0.05, 0) is 24.1 Å². The number of carboxylic acid groups (broad SMARTS) is 1. The van der Waals surface area contributed by atoms with Gasteiger partial charge in [0.25, 0.3) is 0 Å². The van der Waals surface area contributed by atoms with Crippen molar-refractivity contribution in [2.45, 2.75) is 13.5 Å². The Morgan fingerprint density at radius 2 is 1.78 bits per heavy atom. The molecule has 0 aliphatic heterocycles. The van der Waals surface area contributed by atoms with Crippen molar-refractivity contribution in [3.8, 4) is 21.7 Å². The van der Waals surface area contributed by atoms with Gasteiger partial charge in [-0.25, -0.2) is 18.2 Å². The summed E-state index contributed by atoms with van der Waals surface area (Å²) < 4.78 is 43.8. The summed E-state index contributed by atoms with van der Waals surface area (Å²) in [4.78, 5) is 15.7. The van der Waals surface area contributed by atoms with Crippen LogP contribution in [0.5, 0.6) is 0 Å². The van der Waals surface area contributed by atoms with Gasteiger partial charge in [0.05, 0.1) is 10.2 Å². The second kappa shape index (κ2) is 7.49. The molecule has 0 spiro atoms. The normalized spacial score (nSPS) is 11.5. The molecule has 2 aromatic heterocycles. The first kappa shape index (κ1) is 20.3. The van der Waals surface area contributed by atoms with E-state index in [1.54, 1.807) is 11.5 Å². The second-order valence-electron chi connectivity index (χ2n) is 7.39. The monoisotopic (exact) mass is 452 g/mol. The SMILES string of the molecule is Cc1c(-c2nc3c(F)c(F)cc(F)c3s2)c2ccc(-c3ccccc3)cc2n1CC(=O)O. The van der Waals surface area contributed by atoms with Crippen LogP contribution in [0.25, 0.3) is 42.8 Å². The maximum atomic E-state index is 14.3. The van der Waals surface area contributed by atoms with Crippen LogP contribution >= 0.6 is 11.3 Å². The van der Waals surface area contributed by atoms with Crippen molar-refractivity contribution in [3.63, 3.8) is 0 Å². The van der Waals surface area contributed by atoms with Crippen molar-refractivity contribution in [1.29, 1.82) is 0 Å². The summed E-state index contributed by atoms with van der Waals surface area (Å²) in [7, 11) is 0. The van der Waals surface area contributed by atoms with Crippen molar-refractivity contribution in [1.82, 2.24) is 9.55 Å². The van der Waals surface area contributed by atoms with Crippen LogP contribution in [-0.2, 0) is 11.3 Å². The molecule has 3 aromatic carbocycles. The van der Waals surface area contributed by atoms with Crippen LogP contribution in [0.15, 0.2) is 54.6 Å². The quantitative estimate of drug-likeness (QED) is 0.321. The molecule has 1 N–H and O–H groups in total. The Bertz CT molecular complexity index is 1520. The van der Waals surface area contributed by atoms with Crippen molar-refractivity contribution in [3.05, 3.63) is 77.7 Å². The van der Waals surface area contributed by atoms with Crippen LogP contribution < -0.4 is 0 Å². The highest BCUT2D eigenvalue weighted by atomic mass is 32.1. The molecule has 0 bridgehead atoms. The second-order valence-corrected chi connectivity index (χ2v) is 8.39. The predicted octanol–water partition coefficient (Wildman–Crippen LogP) is 6.40. The number of thiazole rings is 1. The number of carbonyl (C=O) groups is 1. The van der Waals surface area contributed by atoms with Gasteiger partial charge in [-0.3, -0.25) is 4.79 Å². The van der Waals surface area contributed by atoms with E-state index in [9.17, 15) is 23.1 Å². The molecular formula is C24H15F3N2O2S. The molecule has 0 atom stereocenters. The Hall–Kier alpha value is -3.65. The maximum absolute atomic E-state index is 14.3. The van der Waals surface area contributed by atoms with Crippen molar-refractivity contribution in [2.24, 2.45) is 0 Å². The molecular weight excluding hydrogens is 437 g/mol. The third-order valence-electron chi connectivity index (χ3n) is 5.45. The Kier molecular flexibility index (Phi) is 4.74. The molecule has 5 rings (SSSR count). The molecule has 0 saturated heterocycles. The van der Waals surface area contributed by atoms with Gasteiger partial charge >= 0.3 is 5.97 Å². The number of halogens is 3. The van der Waals surface area contributed by atoms with Crippen LogP contribution in [0, 0.1) is 24.4 Å². The van der Waals surface area contributed by atoms with Gasteiger partial charge in [0, 0.05) is 22.7 Å². The van der Waals surface area contributed by atoms with E-state index in [-0.39, 0.29) is 16.8 Å². The summed E-state index contributed by atoms with van der Waals surface area (Å²) in [5.41, 5.74) is 3.32. The van der Waals surface area contributed by atoms with Crippen molar-refractivity contribution < 1.29 is 23.1 Å². The highest BCUT2D eigenvalue weighted by Gasteiger charge is 2.23. The highest BCUT2D eigenvalue weighted by molar-refractivity contribution is 7.21. The predicted molar refractivity (Wildman–Crippen MR) is 118 cm³/mol. The molecule has 0 saturated carbocycles. The first-order valence-corrected chi connectivity index (χ1v) is 10.5. The van der Waals surface area contributed by atoms with Gasteiger partial charge in [0.2, 0.25) is 0 Å². The largest absolute Gasteiger partial charge is 0.480 e. The van der Waals surface area contributed by atoms with E-state index in [1.807, 2.05) is 48.5 Å². The summed E-state index contributed by atoms with van der Waals surface area (Å²) in [5.74, 6) is -4.42. The molecule has 32 heavy (non-hydrogen) atoms. The fourth-order valence-corrected chi connectivity index (χ4v) is 5.07. The molecule has 5 aromatic rings. The Morgan fingerprint density at radius 3 is 2.50 bits per heavy atom. The maximum Gasteiger partial charge on any atom is 0.323 e. The zero-order valence-corrected chi connectivity index (χ0v) is 17.5. The number of rotatable bonds is 4. The average molecular weight is 452 g/mol. The van der Waals surface area contributed by atoms with Crippen LogP contribution in [-0.4, -0.2) is 20.6 Å². The van der Waals surface area contributed by atoms with Crippen LogP contribution in [0.1, 0.15) is 5.69 Å². The summed E-state index contributed by atoms with van der Waals surface area (Å²) >= 11 is 0.908. The smallest absolute Gasteiger partial charge is 0.323 e.